The summed E-state index contributed by atoms with van der Waals surface area (Å²) < 4.78 is 3.32. The van der Waals surface area contributed by atoms with Gasteiger partial charge >= 0.3 is 0 Å². The summed E-state index contributed by atoms with van der Waals surface area (Å²) in [7, 11) is 0. The molecule has 0 saturated carbocycles. The van der Waals surface area contributed by atoms with Crippen LogP contribution >= 0.6 is 15.9 Å². The lowest BCUT2D eigenvalue weighted by Crippen LogP contribution is -2.19. The second kappa shape index (κ2) is 6.11. The smallest absolute Gasteiger partial charge is 0.209 e. The summed E-state index contributed by atoms with van der Waals surface area (Å²) in [5.74, 6) is 0.848. The van der Waals surface area contributed by atoms with Gasteiger partial charge in [-0.3, -0.25) is 9.55 Å². The van der Waals surface area contributed by atoms with Crippen molar-refractivity contribution in [1.29, 1.82) is 0 Å². The number of benzene rings is 2. The van der Waals surface area contributed by atoms with Gasteiger partial charge in [0, 0.05) is 28.1 Å². The first kappa shape index (κ1) is 15.3. The maximum atomic E-state index is 4.80. The normalized spacial score (nSPS) is 16.0. The number of halogens is 1. The van der Waals surface area contributed by atoms with E-state index in [1.807, 2.05) is 24.4 Å². The summed E-state index contributed by atoms with van der Waals surface area (Å²) in [5.41, 5.74) is 5.38. The highest BCUT2D eigenvalue weighted by Gasteiger charge is 2.25. The van der Waals surface area contributed by atoms with Gasteiger partial charge in [-0.15, -0.1) is 0 Å². The molecular formula is C21H15BrN4. The van der Waals surface area contributed by atoms with Crippen LogP contribution in [0.5, 0.6) is 0 Å². The molecule has 1 aliphatic rings. The maximum Gasteiger partial charge on any atom is 0.209 e. The van der Waals surface area contributed by atoms with Gasteiger partial charge in [0.25, 0.3) is 0 Å². The molecule has 0 aliphatic carbocycles. The van der Waals surface area contributed by atoms with Crippen LogP contribution < -0.4 is 5.32 Å². The molecule has 0 amide bonds. The predicted octanol–water partition coefficient (Wildman–Crippen LogP) is 5.25. The van der Waals surface area contributed by atoms with Crippen molar-refractivity contribution in [3.63, 3.8) is 0 Å². The van der Waals surface area contributed by atoms with Gasteiger partial charge in [0.05, 0.1) is 17.1 Å². The fourth-order valence-corrected chi connectivity index (χ4v) is 3.67. The molecule has 1 aliphatic heterocycles. The van der Waals surface area contributed by atoms with Crippen LogP contribution in [0.4, 0.5) is 5.95 Å². The number of imidazole rings is 1. The van der Waals surface area contributed by atoms with Gasteiger partial charge in [0.2, 0.25) is 5.95 Å². The third kappa shape index (κ3) is 2.52. The molecular weight excluding hydrogens is 388 g/mol. The molecule has 0 saturated heterocycles. The molecule has 0 spiro atoms. The average molecular weight is 403 g/mol. The fraction of sp³-hybridized carbons (Fsp3) is 0.0476. The Morgan fingerprint density at radius 3 is 2.62 bits per heavy atom. The van der Waals surface area contributed by atoms with Gasteiger partial charge in [0.15, 0.2) is 0 Å². The van der Waals surface area contributed by atoms with E-state index in [1.165, 1.54) is 5.56 Å². The lowest BCUT2D eigenvalue weighted by Gasteiger charge is -2.26. The lowest BCUT2D eigenvalue weighted by molar-refractivity contribution is 0.720. The second-order valence-corrected chi connectivity index (χ2v) is 7.15. The minimum atomic E-state index is 0.0574. The van der Waals surface area contributed by atoms with Crippen molar-refractivity contribution in [2.24, 2.45) is 0 Å². The SMILES string of the molecule is Brc1ccc(C2C=C(c3cccnc3)Nc3nc4ccccc4n32)cc1. The molecule has 1 atom stereocenters. The van der Waals surface area contributed by atoms with Crippen LogP contribution in [0.1, 0.15) is 17.2 Å². The fourth-order valence-electron chi connectivity index (χ4n) is 3.40. The minimum absolute atomic E-state index is 0.0574. The van der Waals surface area contributed by atoms with E-state index in [4.69, 9.17) is 4.98 Å². The summed E-state index contributed by atoms with van der Waals surface area (Å²) in [6.07, 6.45) is 5.89. The molecule has 4 aromatic rings. The van der Waals surface area contributed by atoms with E-state index in [2.05, 4.69) is 79.3 Å². The molecule has 4 nitrogen and oxygen atoms in total. The molecule has 1 unspecified atom stereocenters. The van der Waals surface area contributed by atoms with Gasteiger partial charge in [-0.2, -0.15) is 0 Å². The van der Waals surface area contributed by atoms with E-state index in [-0.39, 0.29) is 6.04 Å². The van der Waals surface area contributed by atoms with Crippen LogP contribution in [-0.2, 0) is 0 Å². The van der Waals surface area contributed by atoms with Crippen molar-refractivity contribution >= 4 is 38.6 Å². The zero-order chi connectivity index (χ0) is 17.5. The lowest BCUT2D eigenvalue weighted by atomic mass is 10.0. The van der Waals surface area contributed by atoms with Crippen molar-refractivity contribution in [3.05, 3.63) is 94.7 Å². The standard InChI is InChI=1S/C21H15BrN4/c22-16-9-7-14(8-10-16)20-12-18(15-4-3-11-23-13-15)25-21-24-17-5-1-2-6-19(17)26(20)21/h1-13,20H,(H,24,25). The van der Waals surface area contributed by atoms with Crippen LogP contribution in [0.2, 0.25) is 0 Å². The molecule has 26 heavy (non-hydrogen) atoms. The van der Waals surface area contributed by atoms with Gasteiger partial charge in [0.1, 0.15) is 0 Å². The van der Waals surface area contributed by atoms with E-state index in [0.717, 1.165) is 32.7 Å². The number of hydrogen-bond acceptors (Lipinski definition) is 3. The number of aromatic nitrogens is 3. The molecule has 5 rings (SSSR count). The Hall–Kier alpha value is -2.92. The molecule has 3 heterocycles. The van der Waals surface area contributed by atoms with E-state index in [0.29, 0.717) is 0 Å². The Morgan fingerprint density at radius 2 is 1.81 bits per heavy atom. The number of pyridine rings is 1. The highest BCUT2D eigenvalue weighted by molar-refractivity contribution is 9.10. The Balaban J connectivity index is 1.73. The highest BCUT2D eigenvalue weighted by Crippen LogP contribution is 2.36. The van der Waals surface area contributed by atoms with Crippen LogP contribution in [-0.4, -0.2) is 14.5 Å². The molecule has 126 valence electrons. The van der Waals surface area contributed by atoms with Crippen LogP contribution in [0, 0.1) is 0 Å². The molecule has 0 radical (unpaired) electrons. The van der Waals surface area contributed by atoms with Gasteiger partial charge in [-0.05, 0) is 48.0 Å². The van der Waals surface area contributed by atoms with E-state index in [1.54, 1.807) is 6.20 Å². The van der Waals surface area contributed by atoms with Crippen LogP contribution in [0.25, 0.3) is 16.7 Å². The monoisotopic (exact) mass is 402 g/mol. The summed E-state index contributed by atoms with van der Waals surface area (Å²) in [6, 6.07) is 20.7. The number of para-hydroxylation sites is 2. The number of nitrogens with one attached hydrogen (secondary N) is 1. The van der Waals surface area contributed by atoms with Crippen molar-refractivity contribution in [2.45, 2.75) is 6.04 Å². The number of rotatable bonds is 2. The van der Waals surface area contributed by atoms with Gasteiger partial charge in [-0.25, -0.2) is 4.98 Å². The molecule has 5 heteroatoms. The zero-order valence-electron chi connectivity index (χ0n) is 13.8. The third-order valence-electron chi connectivity index (χ3n) is 4.63. The molecule has 1 N–H and O–H groups in total. The van der Waals surface area contributed by atoms with E-state index >= 15 is 0 Å². The van der Waals surface area contributed by atoms with Gasteiger partial charge < -0.3 is 5.32 Å². The topological polar surface area (TPSA) is 42.7 Å². The Morgan fingerprint density at radius 1 is 0.962 bits per heavy atom. The minimum Gasteiger partial charge on any atom is -0.325 e. The van der Waals surface area contributed by atoms with E-state index in [9.17, 15) is 0 Å². The van der Waals surface area contributed by atoms with Crippen LogP contribution in [0.15, 0.2) is 83.6 Å². The Labute approximate surface area is 159 Å². The number of anilines is 1. The van der Waals surface area contributed by atoms with Crippen LogP contribution in [0.3, 0.4) is 0 Å². The quantitative estimate of drug-likeness (QED) is 0.497. The summed E-state index contributed by atoms with van der Waals surface area (Å²) >= 11 is 3.53. The molecule has 0 bridgehead atoms. The first-order valence-electron chi connectivity index (χ1n) is 8.41. The van der Waals surface area contributed by atoms with Crippen molar-refractivity contribution < 1.29 is 0 Å². The predicted molar refractivity (Wildman–Crippen MR) is 108 cm³/mol. The van der Waals surface area contributed by atoms with Crippen molar-refractivity contribution in [3.8, 4) is 0 Å². The Kier molecular flexibility index (Phi) is 3.60. The number of nitrogens with zero attached hydrogens (tertiary/aromatic N) is 3. The van der Waals surface area contributed by atoms with Crippen molar-refractivity contribution in [1.82, 2.24) is 14.5 Å². The Bertz CT molecular complexity index is 1110. The van der Waals surface area contributed by atoms with E-state index < -0.39 is 0 Å². The number of hydrogen-bond donors (Lipinski definition) is 1. The largest absolute Gasteiger partial charge is 0.325 e. The third-order valence-corrected chi connectivity index (χ3v) is 5.16. The molecule has 0 fully saturated rings. The maximum absolute atomic E-state index is 4.80. The second-order valence-electron chi connectivity index (χ2n) is 6.24. The molecule has 2 aromatic heterocycles. The number of fused-ring (bicyclic) bond motifs is 3. The first-order valence-corrected chi connectivity index (χ1v) is 9.20. The summed E-state index contributed by atoms with van der Waals surface area (Å²) in [6.45, 7) is 0. The summed E-state index contributed by atoms with van der Waals surface area (Å²) in [5, 5.41) is 3.48. The zero-order valence-corrected chi connectivity index (χ0v) is 15.4. The molecule has 2 aromatic carbocycles. The first-order chi connectivity index (χ1) is 12.8. The average Bonchev–Trinajstić information content (AvgIpc) is 3.07. The highest BCUT2D eigenvalue weighted by atomic mass is 79.9. The summed E-state index contributed by atoms with van der Waals surface area (Å²) in [4.78, 5) is 9.06. The van der Waals surface area contributed by atoms with Gasteiger partial charge in [-0.1, -0.05) is 40.2 Å². The van der Waals surface area contributed by atoms with Crippen molar-refractivity contribution in [2.75, 3.05) is 5.32 Å². The number of allylic oxidation sites excluding steroid dienone is 1.